The predicted octanol–water partition coefficient (Wildman–Crippen LogP) is 4.29. The Kier molecular flexibility index (Phi) is 4.03. The molecular formula is C20H20O. The van der Waals surface area contributed by atoms with Crippen LogP contribution in [0.15, 0.2) is 66.7 Å². The minimum Gasteiger partial charge on any atom is -0.392 e. The van der Waals surface area contributed by atoms with Crippen LogP contribution < -0.4 is 0 Å². The first-order chi connectivity index (χ1) is 10.2. The lowest BCUT2D eigenvalue weighted by molar-refractivity contribution is 0.175. The van der Waals surface area contributed by atoms with E-state index in [4.69, 9.17) is 0 Å². The van der Waals surface area contributed by atoms with Gasteiger partial charge in [0.2, 0.25) is 0 Å². The van der Waals surface area contributed by atoms with E-state index in [0.29, 0.717) is 12.8 Å². The average Bonchev–Trinajstić information content (AvgIpc) is 2.49. The first-order valence-corrected chi connectivity index (χ1v) is 7.42. The van der Waals surface area contributed by atoms with Gasteiger partial charge in [-0.05, 0) is 47.2 Å². The summed E-state index contributed by atoms with van der Waals surface area (Å²) in [5, 5.41) is 12.8. The summed E-state index contributed by atoms with van der Waals surface area (Å²) >= 11 is 0. The third-order valence-electron chi connectivity index (χ3n) is 4.00. The fourth-order valence-corrected chi connectivity index (χ4v) is 2.80. The molecule has 0 amide bonds. The van der Waals surface area contributed by atoms with Crippen LogP contribution in [0.25, 0.3) is 10.8 Å². The van der Waals surface area contributed by atoms with Crippen molar-refractivity contribution in [3.8, 4) is 0 Å². The highest BCUT2D eigenvalue weighted by molar-refractivity contribution is 5.82. The van der Waals surface area contributed by atoms with Crippen LogP contribution in [0.5, 0.6) is 0 Å². The number of aryl methyl sites for hydroxylation is 1. The molecule has 0 saturated heterocycles. The van der Waals surface area contributed by atoms with Gasteiger partial charge in [-0.25, -0.2) is 0 Å². The van der Waals surface area contributed by atoms with E-state index in [1.54, 1.807) is 0 Å². The minimum absolute atomic E-state index is 0.340. The summed E-state index contributed by atoms with van der Waals surface area (Å²) < 4.78 is 0. The van der Waals surface area contributed by atoms with Crippen LogP contribution in [0, 0.1) is 6.92 Å². The van der Waals surface area contributed by atoms with Gasteiger partial charge in [0.1, 0.15) is 0 Å². The SMILES string of the molecule is Cc1ccccc1CC(O)Cc1ccc2ccccc2c1. The summed E-state index contributed by atoms with van der Waals surface area (Å²) in [5.74, 6) is 0. The molecule has 0 aromatic heterocycles. The van der Waals surface area contributed by atoms with E-state index in [9.17, 15) is 5.11 Å². The zero-order valence-corrected chi connectivity index (χ0v) is 12.3. The molecule has 1 nitrogen and oxygen atoms in total. The van der Waals surface area contributed by atoms with Crippen molar-refractivity contribution in [1.29, 1.82) is 0 Å². The molecule has 21 heavy (non-hydrogen) atoms. The summed E-state index contributed by atoms with van der Waals surface area (Å²) in [4.78, 5) is 0. The fourth-order valence-electron chi connectivity index (χ4n) is 2.80. The standard InChI is InChI=1S/C20H20O/c1-15-6-2-3-8-18(15)14-20(21)13-16-10-11-17-7-4-5-9-19(17)12-16/h2-12,20-21H,13-14H2,1H3. The second-order valence-electron chi connectivity index (χ2n) is 5.67. The highest BCUT2D eigenvalue weighted by Gasteiger charge is 2.09. The third kappa shape index (κ3) is 3.32. The lowest BCUT2D eigenvalue weighted by atomic mass is 9.97. The maximum Gasteiger partial charge on any atom is 0.0620 e. The zero-order valence-electron chi connectivity index (χ0n) is 12.3. The maximum absolute atomic E-state index is 10.4. The van der Waals surface area contributed by atoms with Crippen LogP contribution in [-0.2, 0) is 12.8 Å². The molecule has 1 N–H and O–H groups in total. The van der Waals surface area contributed by atoms with E-state index in [1.807, 2.05) is 12.1 Å². The molecule has 3 aromatic carbocycles. The van der Waals surface area contributed by atoms with Gasteiger partial charge in [0.05, 0.1) is 6.10 Å². The highest BCUT2D eigenvalue weighted by Crippen LogP contribution is 2.18. The van der Waals surface area contributed by atoms with E-state index >= 15 is 0 Å². The molecule has 106 valence electrons. The van der Waals surface area contributed by atoms with Crippen molar-refractivity contribution in [2.75, 3.05) is 0 Å². The van der Waals surface area contributed by atoms with Crippen LogP contribution in [0.4, 0.5) is 0 Å². The Bertz CT molecular complexity index is 745. The van der Waals surface area contributed by atoms with Crippen LogP contribution in [0.1, 0.15) is 16.7 Å². The van der Waals surface area contributed by atoms with E-state index in [1.165, 1.54) is 27.5 Å². The molecule has 3 aromatic rings. The van der Waals surface area contributed by atoms with Crippen molar-refractivity contribution in [3.05, 3.63) is 83.4 Å². The molecular weight excluding hydrogens is 256 g/mol. The summed E-state index contributed by atoms with van der Waals surface area (Å²) in [6, 6.07) is 23.0. The Morgan fingerprint density at radius 1 is 0.810 bits per heavy atom. The largest absolute Gasteiger partial charge is 0.392 e. The fraction of sp³-hybridized carbons (Fsp3) is 0.200. The molecule has 3 rings (SSSR count). The molecule has 0 heterocycles. The molecule has 1 unspecified atom stereocenters. The molecule has 0 aliphatic carbocycles. The Morgan fingerprint density at radius 3 is 2.33 bits per heavy atom. The first-order valence-electron chi connectivity index (χ1n) is 7.42. The van der Waals surface area contributed by atoms with Crippen molar-refractivity contribution < 1.29 is 5.11 Å². The second-order valence-corrected chi connectivity index (χ2v) is 5.67. The molecule has 0 spiro atoms. The lowest BCUT2D eigenvalue weighted by Gasteiger charge is -2.13. The normalized spacial score (nSPS) is 12.5. The van der Waals surface area contributed by atoms with E-state index in [2.05, 4.69) is 61.5 Å². The molecule has 0 radical (unpaired) electrons. The van der Waals surface area contributed by atoms with Crippen molar-refractivity contribution in [2.24, 2.45) is 0 Å². The number of hydrogen-bond donors (Lipinski definition) is 1. The van der Waals surface area contributed by atoms with Gasteiger partial charge in [-0.2, -0.15) is 0 Å². The summed E-state index contributed by atoms with van der Waals surface area (Å²) in [7, 11) is 0. The average molecular weight is 276 g/mol. The molecule has 0 saturated carbocycles. The molecule has 0 fully saturated rings. The van der Waals surface area contributed by atoms with Crippen molar-refractivity contribution >= 4 is 10.8 Å². The van der Waals surface area contributed by atoms with Gasteiger partial charge in [0, 0.05) is 0 Å². The summed E-state index contributed by atoms with van der Waals surface area (Å²) in [6.45, 7) is 2.10. The van der Waals surface area contributed by atoms with E-state index in [-0.39, 0.29) is 6.10 Å². The Hall–Kier alpha value is -2.12. The van der Waals surface area contributed by atoms with Gasteiger partial charge in [-0.1, -0.05) is 66.7 Å². The maximum atomic E-state index is 10.4. The van der Waals surface area contributed by atoms with E-state index in [0.717, 1.165) is 0 Å². The van der Waals surface area contributed by atoms with Gasteiger partial charge in [0.25, 0.3) is 0 Å². The number of aliphatic hydroxyl groups is 1. The molecule has 1 heteroatoms. The topological polar surface area (TPSA) is 20.2 Å². The quantitative estimate of drug-likeness (QED) is 0.753. The number of fused-ring (bicyclic) bond motifs is 1. The second kappa shape index (κ2) is 6.11. The minimum atomic E-state index is -0.340. The number of aliphatic hydroxyl groups excluding tert-OH is 1. The van der Waals surface area contributed by atoms with Gasteiger partial charge in [-0.15, -0.1) is 0 Å². The van der Waals surface area contributed by atoms with Gasteiger partial charge >= 0.3 is 0 Å². The van der Waals surface area contributed by atoms with Crippen LogP contribution in [-0.4, -0.2) is 11.2 Å². The van der Waals surface area contributed by atoms with Gasteiger partial charge < -0.3 is 5.11 Å². The van der Waals surface area contributed by atoms with Crippen molar-refractivity contribution in [3.63, 3.8) is 0 Å². The van der Waals surface area contributed by atoms with Crippen molar-refractivity contribution in [1.82, 2.24) is 0 Å². The monoisotopic (exact) mass is 276 g/mol. The summed E-state index contributed by atoms with van der Waals surface area (Å²) in [5.41, 5.74) is 3.66. The van der Waals surface area contributed by atoms with Gasteiger partial charge in [-0.3, -0.25) is 0 Å². The first kappa shape index (κ1) is 13.8. The third-order valence-corrected chi connectivity index (χ3v) is 4.00. The Labute approximate surface area is 125 Å². The Morgan fingerprint density at radius 2 is 1.52 bits per heavy atom. The van der Waals surface area contributed by atoms with Crippen molar-refractivity contribution in [2.45, 2.75) is 25.9 Å². The molecule has 0 bridgehead atoms. The number of rotatable bonds is 4. The number of hydrogen-bond acceptors (Lipinski definition) is 1. The zero-order chi connectivity index (χ0) is 14.7. The van der Waals surface area contributed by atoms with Crippen LogP contribution in [0.2, 0.25) is 0 Å². The van der Waals surface area contributed by atoms with Crippen LogP contribution in [0.3, 0.4) is 0 Å². The smallest absolute Gasteiger partial charge is 0.0620 e. The predicted molar refractivity (Wildman–Crippen MR) is 88.5 cm³/mol. The Balaban J connectivity index is 1.74. The van der Waals surface area contributed by atoms with Crippen LogP contribution >= 0.6 is 0 Å². The summed E-state index contributed by atoms with van der Waals surface area (Å²) in [6.07, 6.45) is 1.06. The number of benzene rings is 3. The highest BCUT2D eigenvalue weighted by atomic mass is 16.3. The van der Waals surface area contributed by atoms with E-state index < -0.39 is 0 Å². The molecule has 1 atom stereocenters. The van der Waals surface area contributed by atoms with Gasteiger partial charge in [0.15, 0.2) is 0 Å². The lowest BCUT2D eigenvalue weighted by Crippen LogP contribution is -2.14. The molecule has 0 aliphatic rings. The molecule has 0 aliphatic heterocycles.